The number of hydrogen-bond acceptors (Lipinski definition) is 6. The lowest BCUT2D eigenvalue weighted by atomic mass is 9.63. The molecule has 5 rings (SSSR count). The van der Waals surface area contributed by atoms with Crippen molar-refractivity contribution in [1.82, 2.24) is 14.2 Å². The first-order valence-electron chi connectivity index (χ1n) is 12.9. The van der Waals surface area contributed by atoms with E-state index >= 15 is 0 Å². The van der Waals surface area contributed by atoms with Gasteiger partial charge in [-0.05, 0) is 56.7 Å². The van der Waals surface area contributed by atoms with Crippen LogP contribution in [0, 0.1) is 5.82 Å². The predicted octanol–water partition coefficient (Wildman–Crippen LogP) is 4.72. The Morgan fingerprint density at radius 1 is 1.03 bits per heavy atom. The summed E-state index contributed by atoms with van der Waals surface area (Å²) in [5, 5.41) is 12.0. The molecule has 2 aliphatic heterocycles. The van der Waals surface area contributed by atoms with Crippen LogP contribution < -0.4 is 4.90 Å². The first-order valence-corrected chi connectivity index (χ1v) is 14.1. The Labute approximate surface area is 222 Å². The molecule has 1 N–H and O–H groups in total. The monoisotopic (exact) mass is 522 g/mol. The lowest BCUT2D eigenvalue weighted by Crippen LogP contribution is -2.54. The van der Waals surface area contributed by atoms with E-state index in [1.54, 1.807) is 24.2 Å². The van der Waals surface area contributed by atoms with Crippen molar-refractivity contribution in [2.75, 3.05) is 50.4 Å². The van der Waals surface area contributed by atoms with Gasteiger partial charge in [-0.2, -0.15) is 0 Å². The van der Waals surface area contributed by atoms with Crippen molar-refractivity contribution in [2.45, 2.75) is 37.7 Å². The highest BCUT2D eigenvalue weighted by Gasteiger charge is 2.47. The normalized spacial score (nSPS) is 18.8. The van der Waals surface area contributed by atoms with Crippen LogP contribution >= 0.6 is 11.9 Å². The summed E-state index contributed by atoms with van der Waals surface area (Å²) in [6.45, 7) is 7.96. The van der Waals surface area contributed by atoms with Gasteiger partial charge in [0.15, 0.2) is 0 Å². The van der Waals surface area contributed by atoms with Crippen molar-refractivity contribution in [3.63, 3.8) is 0 Å². The smallest absolute Gasteiger partial charge is 0.257 e. The highest BCUT2D eigenvalue weighted by Crippen LogP contribution is 2.46. The number of amides is 1. The third kappa shape index (κ3) is 4.82. The van der Waals surface area contributed by atoms with E-state index in [4.69, 9.17) is 0 Å². The largest absolute Gasteiger partial charge is 0.390 e. The summed E-state index contributed by atoms with van der Waals surface area (Å²) in [5.41, 5.74) is 1.71. The summed E-state index contributed by atoms with van der Waals surface area (Å²) in [4.78, 5) is 22.4. The maximum absolute atomic E-state index is 14.5. The van der Waals surface area contributed by atoms with Crippen molar-refractivity contribution >= 4 is 34.4 Å². The van der Waals surface area contributed by atoms with Gasteiger partial charge in [0.05, 0.1) is 22.4 Å². The van der Waals surface area contributed by atoms with Gasteiger partial charge in [0.25, 0.3) is 5.91 Å². The maximum atomic E-state index is 14.5. The molecule has 8 heteroatoms. The first kappa shape index (κ1) is 25.9. The SMILES string of the molecule is CSN1CCN(C(=O)c2cnc3ccc(F)cc3c2N2CCC(c3ccccc3)(C(C)(C)O)CC2)CC1. The van der Waals surface area contributed by atoms with Crippen LogP contribution in [-0.2, 0) is 5.41 Å². The highest BCUT2D eigenvalue weighted by atomic mass is 32.2. The fraction of sp³-hybridized carbons (Fsp3) is 0.448. The summed E-state index contributed by atoms with van der Waals surface area (Å²) in [6, 6.07) is 14.8. The number of pyridine rings is 1. The van der Waals surface area contributed by atoms with Crippen molar-refractivity contribution in [3.8, 4) is 0 Å². The molecule has 0 unspecified atom stereocenters. The molecule has 37 heavy (non-hydrogen) atoms. The van der Waals surface area contributed by atoms with Crippen LogP contribution in [0.25, 0.3) is 10.9 Å². The Balaban J connectivity index is 1.52. The number of benzene rings is 2. The number of anilines is 1. The Hall–Kier alpha value is -2.68. The molecule has 0 radical (unpaired) electrons. The van der Waals surface area contributed by atoms with Crippen molar-refractivity contribution in [1.29, 1.82) is 0 Å². The van der Waals surface area contributed by atoms with E-state index in [2.05, 4.69) is 32.6 Å². The molecule has 2 aliphatic rings. The molecule has 3 aromatic rings. The van der Waals surface area contributed by atoms with Crippen LogP contribution in [0.5, 0.6) is 0 Å². The predicted molar refractivity (Wildman–Crippen MR) is 149 cm³/mol. The standard InChI is InChI=1S/C29H35FN4O2S/c1-28(2,36)29(21-7-5-4-6-8-21)11-13-32(14-12-29)26-23-19-22(30)9-10-25(23)31-20-24(26)27(35)33-15-17-34(37-3)18-16-33/h4-10,19-20,36H,11-18H2,1-3H3. The average Bonchev–Trinajstić information content (AvgIpc) is 2.92. The van der Waals surface area contributed by atoms with Crippen LogP contribution in [0.1, 0.15) is 42.6 Å². The minimum Gasteiger partial charge on any atom is -0.390 e. The molecule has 1 amide bonds. The molecular weight excluding hydrogens is 487 g/mol. The number of aliphatic hydroxyl groups is 1. The van der Waals surface area contributed by atoms with Crippen LogP contribution in [-0.4, -0.2) is 76.3 Å². The zero-order valence-corrected chi connectivity index (χ0v) is 22.6. The van der Waals surface area contributed by atoms with Crippen molar-refractivity contribution in [3.05, 3.63) is 71.7 Å². The number of hydrogen-bond donors (Lipinski definition) is 1. The molecule has 2 fully saturated rings. The Morgan fingerprint density at radius 3 is 2.32 bits per heavy atom. The number of halogens is 1. The summed E-state index contributed by atoms with van der Waals surface area (Å²) in [5.74, 6) is -0.405. The topological polar surface area (TPSA) is 59.9 Å². The Bertz CT molecular complexity index is 1260. The fourth-order valence-corrected chi connectivity index (χ4v) is 6.54. The van der Waals surface area contributed by atoms with Gasteiger partial charge in [-0.15, -0.1) is 0 Å². The number of nitrogens with zero attached hydrogens (tertiary/aromatic N) is 4. The number of piperidine rings is 1. The second-order valence-electron chi connectivity index (χ2n) is 10.6. The molecule has 0 atom stereocenters. The number of piperazine rings is 1. The van der Waals surface area contributed by atoms with Gasteiger partial charge in [-0.1, -0.05) is 42.3 Å². The van der Waals surface area contributed by atoms with E-state index in [1.807, 2.05) is 36.9 Å². The maximum Gasteiger partial charge on any atom is 0.257 e. The van der Waals surface area contributed by atoms with Crippen LogP contribution in [0.3, 0.4) is 0 Å². The summed E-state index contributed by atoms with van der Waals surface area (Å²) in [6.07, 6.45) is 5.13. The number of aromatic nitrogens is 1. The first-order chi connectivity index (χ1) is 17.7. The second-order valence-corrected chi connectivity index (χ2v) is 11.5. The molecule has 6 nitrogen and oxygen atoms in total. The van der Waals surface area contributed by atoms with Gasteiger partial charge in [0.1, 0.15) is 5.82 Å². The van der Waals surface area contributed by atoms with Crippen molar-refractivity contribution in [2.24, 2.45) is 0 Å². The third-order valence-electron chi connectivity index (χ3n) is 8.25. The molecule has 1 aromatic heterocycles. The zero-order valence-electron chi connectivity index (χ0n) is 21.8. The Morgan fingerprint density at radius 2 is 1.70 bits per heavy atom. The summed E-state index contributed by atoms with van der Waals surface area (Å²) in [7, 11) is 0. The molecule has 0 saturated carbocycles. The summed E-state index contributed by atoms with van der Waals surface area (Å²) >= 11 is 1.70. The Kier molecular flexibility index (Phi) is 7.18. The molecule has 196 valence electrons. The van der Waals surface area contributed by atoms with E-state index in [9.17, 15) is 14.3 Å². The molecule has 0 spiro atoms. The molecule has 3 heterocycles. The van der Waals surface area contributed by atoms with E-state index in [1.165, 1.54) is 12.1 Å². The average molecular weight is 523 g/mol. The van der Waals surface area contributed by atoms with Crippen molar-refractivity contribution < 1.29 is 14.3 Å². The summed E-state index contributed by atoms with van der Waals surface area (Å²) < 4.78 is 16.7. The van der Waals surface area contributed by atoms with Crippen LogP contribution in [0.2, 0.25) is 0 Å². The van der Waals surface area contributed by atoms with Gasteiger partial charge in [-0.3, -0.25) is 9.78 Å². The molecular formula is C29H35FN4O2S. The number of carbonyl (C=O) groups excluding carboxylic acids is 1. The van der Waals surface area contributed by atoms with Gasteiger partial charge in [0.2, 0.25) is 0 Å². The highest BCUT2D eigenvalue weighted by molar-refractivity contribution is 7.96. The molecule has 2 saturated heterocycles. The second kappa shape index (κ2) is 10.2. The van der Waals surface area contributed by atoms with E-state index in [0.717, 1.165) is 24.3 Å². The van der Waals surface area contributed by atoms with Crippen LogP contribution in [0.15, 0.2) is 54.7 Å². The van der Waals surface area contributed by atoms with E-state index in [-0.39, 0.29) is 11.7 Å². The number of rotatable bonds is 5. The van der Waals surface area contributed by atoms with E-state index < -0.39 is 11.0 Å². The third-order valence-corrected chi connectivity index (χ3v) is 9.13. The lowest BCUT2D eigenvalue weighted by molar-refractivity contribution is -0.0201. The lowest BCUT2D eigenvalue weighted by Gasteiger charge is -2.50. The zero-order chi connectivity index (χ0) is 26.2. The minimum atomic E-state index is -0.928. The fourth-order valence-electron chi connectivity index (χ4n) is 6.02. The van der Waals surface area contributed by atoms with Gasteiger partial charge < -0.3 is 14.9 Å². The number of fused-ring (bicyclic) bond motifs is 1. The van der Waals surface area contributed by atoms with Gasteiger partial charge in [-0.25, -0.2) is 8.70 Å². The molecule has 0 bridgehead atoms. The minimum absolute atomic E-state index is 0.0585. The van der Waals surface area contributed by atoms with Gasteiger partial charge >= 0.3 is 0 Å². The molecule has 0 aliphatic carbocycles. The van der Waals surface area contributed by atoms with E-state index in [0.29, 0.717) is 55.5 Å². The van der Waals surface area contributed by atoms with Crippen LogP contribution in [0.4, 0.5) is 10.1 Å². The number of carbonyl (C=O) groups is 1. The van der Waals surface area contributed by atoms with Gasteiger partial charge in [0, 0.05) is 56.3 Å². The quantitative estimate of drug-likeness (QED) is 0.490. The molecule has 2 aromatic carbocycles.